The maximum absolute atomic E-state index is 5.25. The van der Waals surface area contributed by atoms with Crippen molar-refractivity contribution >= 4 is 17.5 Å². The van der Waals surface area contributed by atoms with Crippen molar-refractivity contribution in [3.8, 4) is 11.9 Å². The summed E-state index contributed by atoms with van der Waals surface area (Å²) in [4.78, 5) is 21.4. The molecule has 26 heavy (non-hydrogen) atoms. The Hall–Kier alpha value is -2.84. The minimum Gasteiger partial charge on any atom is -0.481 e. The third-order valence-corrected chi connectivity index (χ3v) is 4.27. The molecule has 3 rings (SSSR count). The van der Waals surface area contributed by atoms with Gasteiger partial charge < -0.3 is 24.6 Å². The van der Waals surface area contributed by atoms with Crippen LogP contribution in [-0.4, -0.2) is 67.4 Å². The van der Waals surface area contributed by atoms with Crippen molar-refractivity contribution in [2.24, 2.45) is 0 Å². The number of nitrogens with one attached hydrogen (secondary N) is 1. The molecule has 0 aliphatic carbocycles. The lowest BCUT2D eigenvalue weighted by Gasteiger charge is -2.34. The summed E-state index contributed by atoms with van der Waals surface area (Å²) in [7, 11) is 7.06. The molecule has 0 saturated carbocycles. The Balaban J connectivity index is 1.72. The van der Waals surface area contributed by atoms with Crippen molar-refractivity contribution < 1.29 is 9.47 Å². The lowest BCUT2D eigenvalue weighted by atomic mass is 10.1. The fourth-order valence-electron chi connectivity index (χ4n) is 2.93. The van der Waals surface area contributed by atoms with Crippen LogP contribution in [0.4, 0.5) is 17.5 Å². The molecule has 9 heteroatoms. The maximum atomic E-state index is 5.25. The summed E-state index contributed by atoms with van der Waals surface area (Å²) in [6, 6.07) is 4.36. The maximum Gasteiger partial charge on any atom is 0.321 e. The van der Waals surface area contributed by atoms with Crippen LogP contribution in [0, 0.1) is 0 Å². The topological polar surface area (TPSA) is 88.5 Å². The zero-order valence-corrected chi connectivity index (χ0v) is 15.6. The molecule has 1 saturated heterocycles. The molecule has 140 valence electrons. The molecule has 3 heterocycles. The second kappa shape index (κ2) is 8.03. The number of ether oxygens (including phenoxy) is 2. The third kappa shape index (κ3) is 4.22. The molecule has 2 aromatic rings. The minimum absolute atomic E-state index is 0.264. The second-order valence-electron chi connectivity index (χ2n) is 6.34. The van der Waals surface area contributed by atoms with E-state index in [1.807, 2.05) is 31.1 Å². The molecule has 0 amide bonds. The van der Waals surface area contributed by atoms with Crippen molar-refractivity contribution in [1.29, 1.82) is 0 Å². The van der Waals surface area contributed by atoms with E-state index in [1.54, 1.807) is 20.5 Å². The van der Waals surface area contributed by atoms with Crippen molar-refractivity contribution in [2.75, 3.05) is 56.5 Å². The van der Waals surface area contributed by atoms with Gasteiger partial charge in [-0.25, -0.2) is 9.97 Å². The first-order valence-corrected chi connectivity index (χ1v) is 8.57. The number of anilines is 3. The van der Waals surface area contributed by atoms with Gasteiger partial charge in [-0.3, -0.25) is 0 Å². The molecular weight excluding hydrogens is 334 g/mol. The van der Waals surface area contributed by atoms with Crippen LogP contribution in [0.2, 0.25) is 0 Å². The first-order valence-electron chi connectivity index (χ1n) is 8.57. The Bertz CT molecular complexity index is 719. The van der Waals surface area contributed by atoms with E-state index < -0.39 is 0 Å². The average molecular weight is 359 g/mol. The quantitative estimate of drug-likeness (QED) is 0.822. The molecule has 2 aromatic heterocycles. The lowest BCUT2D eigenvalue weighted by Crippen LogP contribution is -2.42. The molecule has 1 aliphatic rings. The highest BCUT2D eigenvalue weighted by molar-refractivity contribution is 5.49. The van der Waals surface area contributed by atoms with Crippen LogP contribution in [-0.2, 0) is 0 Å². The molecule has 0 spiro atoms. The largest absolute Gasteiger partial charge is 0.481 e. The number of methoxy groups -OCH3 is 2. The predicted octanol–water partition coefficient (Wildman–Crippen LogP) is 1.43. The molecule has 1 N–H and O–H groups in total. The van der Waals surface area contributed by atoms with E-state index in [0.717, 1.165) is 43.4 Å². The zero-order chi connectivity index (χ0) is 18.5. The van der Waals surface area contributed by atoms with Gasteiger partial charge in [0.2, 0.25) is 5.88 Å². The van der Waals surface area contributed by atoms with Gasteiger partial charge in [0.15, 0.2) is 0 Å². The van der Waals surface area contributed by atoms with E-state index in [0.29, 0.717) is 11.9 Å². The molecule has 1 fully saturated rings. The summed E-state index contributed by atoms with van der Waals surface area (Å²) in [5.41, 5.74) is 0. The van der Waals surface area contributed by atoms with E-state index in [2.05, 4.69) is 30.2 Å². The second-order valence-corrected chi connectivity index (χ2v) is 6.34. The van der Waals surface area contributed by atoms with E-state index >= 15 is 0 Å². The number of rotatable bonds is 6. The molecule has 0 radical (unpaired) electrons. The Morgan fingerprint density at radius 2 is 2.00 bits per heavy atom. The minimum atomic E-state index is 0.264. The van der Waals surface area contributed by atoms with Gasteiger partial charge in [0, 0.05) is 45.4 Å². The number of hydrogen-bond acceptors (Lipinski definition) is 9. The van der Waals surface area contributed by atoms with Crippen molar-refractivity contribution in [3.05, 3.63) is 18.5 Å². The Kier molecular flexibility index (Phi) is 5.55. The lowest BCUT2D eigenvalue weighted by molar-refractivity contribution is 0.351. The van der Waals surface area contributed by atoms with Gasteiger partial charge in [-0.1, -0.05) is 0 Å². The van der Waals surface area contributed by atoms with Gasteiger partial charge in [0.05, 0.1) is 14.2 Å². The Labute approximate surface area is 153 Å². The smallest absolute Gasteiger partial charge is 0.321 e. The van der Waals surface area contributed by atoms with E-state index in [4.69, 9.17) is 9.47 Å². The molecule has 0 bridgehead atoms. The summed E-state index contributed by atoms with van der Waals surface area (Å²) in [5, 5.41) is 3.51. The van der Waals surface area contributed by atoms with Gasteiger partial charge in [-0.05, 0) is 12.8 Å². The highest BCUT2D eigenvalue weighted by atomic mass is 16.5. The van der Waals surface area contributed by atoms with E-state index in [1.165, 1.54) is 0 Å². The number of piperidine rings is 1. The molecule has 1 atom stereocenters. The van der Waals surface area contributed by atoms with Crippen LogP contribution < -0.4 is 24.6 Å². The Morgan fingerprint density at radius 1 is 1.15 bits per heavy atom. The summed E-state index contributed by atoms with van der Waals surface area (Å²) in [6.07, 6.45) is 3.70. The Morgan fingerprint density at radius 3 is 2.73 bits per heavy atom. The van der Waals surface area contributed by atoms with Gasteiger partial charge in [0.25, 0.3) is 0 Å². The zero-order valence-electron chi connectivity index (χ0n) is 15.6. The number of aromatic nitrogens is 4. The van der Waals surface area contributed by atoms with Gasteiger partial charge in [0.1, 0.15) is 23.8 Å². The van der Waals surface area contributed by atoms with Crippen LogP contribution in [0.5, 0.6) is 11.9 Å². The van der Waals surface area contributed by atoms with Gasteiger partial charge in [-0.15, -0.1) is 0 Å². The molecular formula is C17H25N7O2. The fraction of sp³-hybridized carbons (Fsp3) is 0.529. The van der Waals surface area contributed by atoms with Crippen LogP contribution in [0.1, 0.15) is 12.8 Å². The first-order chi connectivity index (χ1) is 12.6. The highest BCUT2D eigenvalue weighted by Crippen LogP contribution is 2.25. The van der Waals surface area contributed by atoms with Gasteiger partial charge >= 0.3 is 6.01 Å². The SMILES string of the molecule is COc1cc(N2CCCC(Nc3cc(N(C)C)ncn3)C2)nc(OC)n1. The van der Waals surface area contributed by atoms with Crippen molar-refractivity contribution in [3.63, 3.8) is 0 Å². The van der Waals surface area contributed by atoms with Crippen LogP contribution >= 0.6 is 0 Å². The third-order valence-electron chi connectivity index (χ3n) is 4.27. The molecule has 0 aromatic carbocycles. The normalized spacial score (nSPS) is 16.9. The number of nitrogens with zero attached hydrogens (tertiary/aromatic N) is 6. The predicted molar refractivity (Wildman–Crippen MR) is 100 cm³/mol. The monoisotopic (exact) mass is 359 g/mol. The van der Waals surface area contributed by atoms with Gasteiger partial charge in [-0.2, -0.15) is 9.97 Å². The number of hydrogen-bond donors (Lipinski definition) is 1. The summed E-state index contributed by atoms with van der Waals surface area (Å²) >= 11 is 0. The standard InChI is InChI=1S/C17H25N7O2/c1-23(2)14-8-13(18-11-19-14)20-12-6-5-7-24(10-12)15-9-16(25-3)22-17(21-15)26-4/h8-9,11-12H,5-7,10H2,1-4H3,(H,18,19,20). The van der Waals surface area contributed by atoms with Crippen LogP contribution in [0.3, 0.4) is 0 Å². The average Bonchev–Trinajstić information content (AvgIpc) is 2.68. The first kappa shape index (κ1) is 18.0. The van der Waals surface area contributed by atoms with E-state index in [9.17, 15) is 0 Å². The molecule has 9 nitrogen and oxygen atoms in total. The fourth-order valence-corrected chi connectivity index (χ4v) is 2.93. The molecule has 1 aliphatic heterocycles. The summed E-state index contributed by atoms with van der Waals surface area (Å²) in [6.45, 7) is 1.73. The summed E-state index contributed by atoms with van der Waals surface area (Å²) < 4.78 is 10.4. The van der Waals surface area contributed by atoms with Crippen LogP contribution in [0.15, 0.2) is 18.5 Å². The highest BCUT2D eigenvalue weighted by Gasteiger charge is 2.22. The molecule has 1 unspecified atom stereocenters. The van der Waals surface area contributed by atoms with Crippen molar-refractivity contribution in [1.82, 2.24) is 19.9 Å². The van der Waals surface area contributed by atoms with E-state index in [-0.39, 0.29) is 6.04 Å². The van der Waals surface area contributed by atoms with Crippen LogP contribution in [0.25, 0.3) is 0 Å². The van der Waals surface area contributed by atoms with Crippen molar-refractivity contribution in [2.45, 2.75) is 18.9 Å². The summed E-state index contributed by atoms with van der Waals surface area (Å²) in [5.74, 6) is 3.00.